The number of nitrogens with two attached hydrogens (primary N) is 1. The van der Waals surface area contributed by atoms with E-state index < -0.39 is 5.97 Å². The van der Waals surface area contributed by atoms with Crippen LogP contribution in [0.25, 0.3) is 0 Å². The first-order chi connectivity index (χ1) is 9.51. The highest BCUT2D eigenvalue weighted by atomic mass is 79.9. The van der Waals surface area contributed by atoms with E-state index in [0.717, 1.165) is 4.47 Å². The van der Waals surface area contributed by atoms with Crippen LogP contribution in [0.15, 0.2) is 34.9 Å². The Bertz CT molecular complexity index is 664. The van der Waals surface area contributed by atoms with E-state index in [1.165, 1.54) is 19.4 Å². The van der Waals surface area contributed by atoms with Crippen molar-refractivity contribution in [2.45, 2.75) is 0 Å². The average molecular weight is 357 g/mol. The predicted molar refractivity (Wildman–Crippen MR) is 82.4 cm³/mol. The molecule has 0 saturated heterocycles. The molecule has 1 aromatic carbocycles. The number of methoxy groups -OCH3 is 1. The number of nitrogen functional groups attached to an aromatic ring is 1. The van der Waals surface area contributed by atoms with Crippen molar-refractivity contribution in [2.24, 2.45) is 0 Å². The molecule has 0 unspecified atom stereocenters. The van der Waals surface area contributed by atoms with Crippen LogP contribution in [0.5, 0.6) is 0 Å². The van der Waals surface area contributed by atoms with Crippen molar-refractivity contribution in [3.8, 4) is 0 Å². The highest BCUT2D eigenvalue weighted by molar-refractivity contribution is 9.10. The van der Waals surface area contributed by atoms with Gasteiger partial charge in [0.2, 0.25) is 0 Å². The van der Waals surface area contributed by atoms with Gasteiger partial charge >= 0.3 is 5.97 Å². The molecule has 1 aromatic heterocycles. The second kappa shape index (κ2) is 6.11. The third-order valence-corrected chi connectivity index (χ3v) is 3.34. The van der Waals surface area contributed by atoms with Gasteiger partial charge in [0.1, 0.15) is 5.82 Å². The molecule has 0 atom stereocenters. The highest BCUT2D eigenvalue weighted by Crippen LogP contribution is 2.28. The highest BCUT2D eigenvalue weighted by Gasteiger charge is 2.12. The minimum absolute atomic E-state index is 0.248. The molecule has 0 radical (unpaired) electrons. The second-order valence-electron chi connectivity index (χ2n) is 3.90. The molecule has 0 aliphatic heterocycles. The average Bonchev–Trinajstić information content (AvgIpc) is 2.43. The van der Waals surface area contributed by atoms with Crippen LogP contribution in [0.1, 0.15) is 10.4 Å². The quantitative estimate of drug-likeness (QED) is 0.822. The first-order valence-corrected chi connectivity index (χ1v) is 6.74. The van der Waals surface area contributed by atoms with E-state index in [1.807, 2.05) is 6.07 Å². The number of rotatable bonds is 3. The standard InChI is InChI=1S/C13H11BrClN3O2/c1-20-13(19)8-5-12(17-6-10(8)16)18-11-3-2-7(14)4-9(11)15/h2-6H,16H2,1H3,(H,17,18). The summed E-state index contributed by atoms with van der Waals surface area (Å²) in [4.78, 5) is 15.7. The molecule has 1 heterocycles. The minimum atomic E-state index is -0.519. The number of esters is 1. The van der Waals surface area contributed by atoms with Crippen molar-refractivity contribution >= 4 is 50.7 Å². The number of hydrogen-bond donors (Lipinski definition) is 2. The summed E-state index contributed by atoms with van der Waals surface area (Å²) in [5.74, 6) is -0.0707. The fourth-order valence-electron chi connectivity index (χ4n) is 1.55. The predicted octanol–water partition coefficient (Wildman–Crippen LogP) is 3.61. The normalized spacial score (nSPS) is 10.2. The van der Waals surface area contributed by atoms with Gasteiger partial charge in [0.05, 0.1) is 35.3 Å². The van der Waals surface area contributed by atoms with Crippen LogP contribution in [0, 0.1) is 0 Å². The lowest BCUT2D eigenvalue weighted by Crippen LogP contribution is -2.07. The number of carbonyl (C=O) groups is 1. The molecule has 0 amide bonds. The molecular weight excluding hydrogens is 346 g/mol. The van der Waals surface area contributed by atoms with Crippen molar-refractivity contribution in [3.05, 3.63) is 45.5 Å². The second-order valence-corrected chi connectivity index (χ2v) is 5.22. The monoisotopic (exact) mass is 355 g/mol. The molecule has 0 saturated carbocycles. The van der Waals surface area contributed by atoms with Crippen LogP contribution in [0.4, 0.5) is 17.2 Å². The fourth-order valence-corrected chi connectivity index (χ4v) is 2.27. The van der Waals surface area contributed by atoms with Gasteiger partial charge in [-0.1, -0.05) is 27.5 Å². The fraction of sp³-hybridized carbons (Fsp3) is 0.0769. The van der Waals surface area contributed by atoms with Gasteiger partial charge in [-0.25, -0.2) is 9.78 Å². The number of halogens is 2. The van der Waals surface area contributed by atoms with E-state index in [2.05, 4.69) is 31.0 Å². The van der Waals surface area contributed by atoms with E-state index in [4.69, 9.17) is 17.3 Å². The number of aromatic nitrogens is 1. The maximum atomic E-state index is 11.6. The van der Waals surface area contributed by atoms with Crippen LogP contribution in [0.2, 0.25) is 5.02 Å². The minimum Gasteiger partial charge on any atom is -0.465 e. The van der Waals surface area contributed by atoms with Crippen molar-refractivity contribution in [3.63, 3.8) is 0 Å². The molecule has 0 aliphatic carbocycles. The number of benzene rings is 1. The molecule has 7 heteroatoms. The lowest BCUT2D eigenvalue weighted by atomic mass is 10.2. The molecule has 3 N–H and O–H groups in total. The van der Waals surface area contributed by atoms with Crippen molar-refractivity contribution in [1.29, 1.82) is 0 Å². The lowest BCUT2D eigenvalue weighted by Gasteiger charge is -2.10. The number of pyridine rings is 1. The van der Waals surface area contributed by atoms with Crippen molar-refractivity contribution in [2.75, 3.05) is 18.2 Å². The molecule has 0 spiro atoms. The van der Waals surface area contributed by atoms with Crippen LogP contribution >= 0.6 is 27.5 Å². The van der Waals surface area contributed by atoms with Gasteiger partial charge in [0, 0.05) is 4.47 Å². The van der Waals surface area contributed by atoms with Crippen molar-refractivity contribution in [1.82, 2.24) is 4.98 Å². The number of hydrogen-bond acceptors (Lipinski definition) is 5. The summed E-state index contributed by atoms with van der Waals surface area (Å²) < 4.78 is 5.52. The van der Waals surface area contributed by atoms with E-state index in [-0.39, 0.29) is 11.3 Å². The molecule has 0 aliphatic rings. The Labute approximate surface area is 129 Å². The Morgan fingerprint density at radius 1 is 1.45 bits per heavy atom. The molecule has 20 heavy (non-hydrogen) atoms. The first kappa shape index (κ1) is 14.6. The molecular formula is C13H11BrClN3O2. The third-order valence-electron chi connectivity index (χ3n) is 2.53. The first-order valence-electron chi connectivity index (χ1n) is 5.57. The summed E-state index contributed by atoms with van der Waals surface area (Å²) in [7, 11) is 1.29. The van der Waals surface area contributed by atoms with Gasteiger partial charge in [-0.05, 0) is 24.3 Å². The summed E-state index contributed by atoms with van der Waals surface area (Å²) in [6.07, 6.45) is 1.39. The Morgan fingerprint density at radius 3 is 2.85 bits per heavy atom. The van der Waals surface area contributed by atoms with Gasteiger partial charge in [0.15, 0.2) is 0 Å². The largest absolute Gasteiger partial charge is 0.465 e. The molecule has 104 valence electrons. The molecule has 0 fully saturated rings. The number of ether oxygens (including phenoxy) is 1. The van der Waals surface area contributed by atoms with Gasteiger partial charge in [-0.15, -0.1) is 0 Å². The molecule has 2 rings (SSSR count). The zero-order chi connectivity index (χ0) is 14.7. The third kappa shape index (κ3) is 3.20. The van der Waals surface area contributed by atoms with E-state index in [1.54, 1.807) is 12.1 Å². The van der Waals surface area contributed by atoms with Crippen LogP contribution in [0.3, 0.4) is 0 Å². The number of anilines is 3. The maximum absolute atomic E-state index is 11.6. The summed E-state index contributed by atoms with van der Waals surface area (Å²) in [6.45, 7) is 0. The van der Waals surface area contributed by atoms with Gasteiger partial charge in [-0.3, -0.25) is 0 Å². The van der Waals surface area contributed by atoms with Crippen molar-refractivity contribution < 1.29 is 9.53 Å². The molecule has 2 aromatic rings. The maximum Gasteiger partial charge on any atom is 0.340 e. The van der Waals surface area contributed by atoms with Gasteiger partial charge in [-0.2, -0.15) is 0 Å². The van der Waals surface area contributed by atoms with Crippen LogP contribution < -0.4 is 11.1 Å². The Morgan fingerprint density at radius 2 is 2.20 bits per heavy atom. The Hall–Kier alpha value is -1.79. The number of nitrogens with one attached hydrogen (secondary N) is 1. The van der Waals surface area contributed by atoms with Gasteiger partial charge in [0.25, 0.3) is 0 Å². The SMILES string of the molecule is COC(=O)c1cc(Nc2ccc(Br)cc2Cl)ncc1N. The smallest absolute Gasteiger partial charge is 0.340 e. The van der Waals surface area contributed by atoms with E-state index in [0.29, 0.717) is 16.5 Å². The Balaban J connectivity index is 2.32. The van der Waals surface area contributed by atoms with Crippen LogP contribution in [-0.2, 0) is 4.74 Å². The zero-order valence-electron chi connectivity index (χ0n) is 10.5. The van der Waals surface area contributed by atoms with E-state index >= 15 is 0 Å². The zero-order valence-corrected chi connectivity index (χ0v) is 12.8. The Kier molecular flexibility index (Phi) is 4.46. The lowest BCUT2D eigenvalue weighted by molar-refractivity contribution is 0.0602. The van der Waals surface area contributed by atoms with E-state index in [9.17, 15) is 4.79 Å². The summed E-state index contributed by atoms with van der Waals surface area (Å²) in [5.41, 5.74) is 6.86. The van der Waals surface area contributed by atoms with Crippen LogP contribution in [-0.4, -0.2) is 18.1 Å². The summed E-state index contributed by atoms with van der Waals surface area (Å²) in [6, 6.07) is 6.90. The number of nitrogens with zero attached hydrogens (tertiary/aromatic N) is 1. The molecule has 0 bridgehead atoms. The number of carbonyl (C=O) groups excluding carboxylic acids is 1. The molecule has 5 nitrogen and oxygen atoms in total. The topological polar surface area (TPSA) is 77.2 Å². The summed E-state index contributed by atoms with van der Waals surface area (Å²) in [5, 5.41) is 3.54. The van der Waals surface area contributed by atoms with Gasteiger partial charge < -0.3 is 15.8 Å². The summed E-state index contributed by atoms with van der Waals surface area (Å²) >= 11 is 9.43.